The molecule has 0 radical (unpaired) electrons. The molecule has 0 aliphatic carbocycles. The van der Waals surface area contributed by atoms with Crippen molar-refractivity contribution in [3.8, 4) is 0 Å². The van der Waals surface area contributed by atoms with Crippen LogP contribution in [0.2, 0.25) is 0 Å². The molecule has 0 unspecified atom stereocenters. The van der Waals surface area contributed by atoms with Crippen LogP contribution in [0.4, 0.5) is 5.69 Å². The van der Waals surface area contributed by atoms with Crippen LogP contribution in [0.5, 0.6) is 0 Å². The summed E-state index contributed by atoms with van der Waals surface area (Å²) in [5, 5.41) is 0. The third kappa shape index (κ3) is 2.01. The molecule has 0 bridgehead atoms. The van der Waals surface area contributed by atoms with Gasteiger partial charge in [-0.1, -0.05) is 0 Å². The summed E-state index contributed by atoms with van der Waals surface area (Å²) in [5.74, 6) is 2.43. The van der Waals surface area contributed by atoms with E-state index in [9.17, 15) is 0 Å². The number of pyridine rings is 1. The Labute approximate surface area is 88.7 Å². The van der Waals surface area contributed by atoms with E-state index in [-0.39, 0.29) is 0 Å². The minimum absolute atomic E-state index is 0.660. The van der Waals surface area contributed by atoms with Crippen LogP contribution < -0.4 is 10.6 Å². The van der Waals surface area contributed by atoms with E-state index in [1.165, 1.54) is 17.2 Å². The Morgan fingerprint density at radius 2 is 2.43 bits per heavy atom. The van der Waals surface area contributed by atoms with Crippen LogP contribution >= 0.6 is 11.8 Å². The number of nitrogens with two attached hydrogens (primary N) is 1. The topological polar surface area (TPSA) is 42.1 Å². The summed E-state index contributed by atoms with van der Waals surface area (Å²) in [5.41, 5.74) is 6.81. The van der Waals surface area contributed by atoms with Gasteiger partial charge in [0, 0.05) is 36.8 Å². The van der Waals surface area contributed by atoms with Crippen molar-refractivity contribution in [3.05, 3.63) is 24.5 Å². The molecule has 2 heterocycles. The quantitative estimate of drug-likeness (QED) is 0.802. The summed E-state index contributed by atoms with van der Waals surface area (Å²) in [4.78, 5) is 6.50. The van der Waals surface area contributed by atoms with Gasteiger partial charge in [-0.05, 0) is 12.1 Å². The maximum Gasteiger partial charge on any atom is 0.0556 e. The van der Waals surface area contributed by atoms with Gasteiger partial charge < -0.3 is 10.6 Å². The first-order valence-electron chi connectivity index (χ1n) is 4.86. The van der Waals surface area contributed by atoms with Crippen LogP contribution in [0.3, 0.4) is 0 Å². The number of thioether (sulfide) groups is 1. The van der Waals surface area contributed by atoms with Gasteiger partial charge >= 0.3 is 0 Å². The molecule has 2 rings (SSSR count). The van der Waals surface area contributed by atoms with E-state index < -0.39 is 0 Å². The molecule has 0 aromatic carbocycles. The number of anilines is 1. The molecule has 2 N–H and O–H groups in total. The van der Waals surface area contributed by atoms with Gasteiger partial charge in [0.25, 0.3) is 0 Å². The Balaban J connectivity index is 2.09. The normalized spacial score (nSPS) is 16.4. The molecule has 0 atom stereocenters. The molecule has 0 amide bonds. The molecule has 1 aliphatic heterocycles. The van der Waals surface area contributed by atoms with E-state index in [1.807, 2.05) is 24.0 Å². The van der Waals surface area contributed by atoms with E-state index in [4.69, 9.17) is 5.73 Å². The molecule has 0 saturated carbocycles. The molecule has 1 aromatic heterocycles. The van der Waals surface area contributed by atoms with Crippen molar-refractivity contribution in [2.24, 2.45) is 5.73 Å². The molecule has 1 fully saturated rings. The number of nitrogens with zero attached hydrogens (tertiary/aromatic N) is 2. The molecule has 76 valence electrons. The first-order valence-corrected chi connectivity index (χ1v) is 6.02. The van der Waals surface area contributed by atoms with E-state index in [0.29, 0.717) is 12.6 Å². The lowest BCUT2D eigenvalue weighted by atomic mass is 10.2. The highest BCUT2D eigenvalue weighted by Crippen LogP contribution is 2.26. The largest absolute Gasteiger partial charge is 0.364 e. The monoisotopic (exact) mass is 209 g/mol. The summed E-state index contributed by atoms with van der Waals surface area (Å²) in [7, 11) is 0. The van der Waals surface area contributed by atoms with Crippen LogP contribution in [-0.2, 0) is 0 Å². The molecule has 1 aromatic rings. The minimum Gasteiger partial charge on any atom is -0.364 e. The lowest BCUT2D eigenvalue weighted by Crippen LogP contribution is -2.46. The zero-order chi connectivity index (χ0) is 9.80. The second-order valence-corrected chi connectivity index (χ2v) is 4.46. The van der Waals surface area contributed by atoms with Gasteiger partial charge in [0.05, 0.1) is 11.9 Å². The van der Waals surface area contributed by atoms with Crippen molar-refractivity contribution in [2.75, 3.05) is 29.5 Å². The van der Waals surface area contributed by atoms with Crippen LogP contribution in [0.1, 0.15) is 0 Å². The lowest BCUT2D eigenvalue weighted by Gasteiger charge is -2.38. The number of aromatic nitrogens is 1. The van der Waals surface area contributed by atoms with Crippen LogP contribution in [0.15, 0.2) is 24.5 Å². The molecule has 14 heavy (non-hydrogen) atoms. The van der Waals surface area contributed by atoms with Crippen molar-refractivity contribution in [1.29, 1.82) is 0 Å². The van der Waals surface area contributed by atoms with Gasteiger partial charge in [-0.2, -0.15) is 11.8 Å². The fraction of sp³-hybridized carbons (Fsp3) is 0.500. The highest BCUT2D eigenvalue weighted by Gasteiger charge is 2.25. The Bertz CT molecular complexity index is 274. The SMILES string of the molecule is NCCN(c1cccnc1)C1CSC1. The van der Waals surface area contributed by atoms with Crippen molar-refractivity contribution >= 4 is 17.4 Å². The average Bonchev–Trinajstić information content (AvgIpc) is 2.16. The molecule has 3 nitrogen and oxygen atoms in total. The number of rotatable bonds is 4. The molecular formula is C10H15N3S. The van der Waals surface area contributed by atoms with Gasteiger partial charge in [-0.25, -0.2) is 0 Å². The third-order valence-electron chi connectivity index (χ3n) is 2.41. The summed E-state index contributed by atoms with van der Waals surface area (Å²) in [6, 6.07) is 4.74. The third-order valence-corrected chi connectivity index (χ3v) is 3.65. The van der Waals surface area contributed by atoms with Crippen molar-refractivity contribution in [3.63, 3.8) is 0 Å². The van der Waals surface area contributed by atoms with Gasteiger partial charge in [0.2, 0.25) is 0 Å². The van der Waals surface area contributed by atoms with E-state index in [2.05, 4.69) is 16.0 Å². The standard InChI is InChI=1S/C10H15N3S/c11-3-5-13(10-7-14-8-10)9-2-1-4-12-6-9/h1-2,4,6,10H,3,5,7-8,11H2. The average molecular weight is 209 g/mol. The first kappa shape index (κ1) is 9.80. The highest BCUT2D eigenvalue weighted by molar-refractivity contribution is 8.00. The Morgan fingerprint density at radius 1 is 1.57 bits per heavy atom. The summed E-state index contributed by atoms with van der Waals surface area (Å²) in [6.07, 6.45) is 3.72. The van der Waals surface area contributed by atoms with Crippen molar-refractivity contribution < 1.29 is 0 Å². The molecule has 1 saturated heterocycles. The lowest BCUT2D eigenvalue weighted by molar-refractivity contribution is 0.676. The van der Waals surface area contributed by atoms with E-state index >= 15 is 0 Å². The van der Waals surface area contributed by atoms with Gasteiger partial charge in [-0.3, -0.25) is 4.98 Å². The van der Waals surface area contributed by atoms with Gasteiger partial charge in [-0.15, -0.1) is 0 Å². The summed E-state index contributed by atoms with van der Waals surface area (Å²) >= 11 is 1.99. The molecule has 4 heteroatoms. The Morgan fingerprint density at radius 3 is 2.93 bits per heavy atom. The predicted octanol–water partition coefficient (Wildman–Crippen LogP) is 0.962. The van der Waals surface area contributed by atoms with Gasteiger partial charge in [0.1, 0.15) is 0 Å². The van der Waals surface area contributed by atoms with Crippen LogP contribution in [0.25, 0.3) is 0 Å². The second-order valence-electron chi connectivity index (χ2n) is 3.38. The fourth-order valence-electron chi connectivity index (χ4n) is 1.59. The Hall–Kier alpha value is -0.740. The molecular weight excluding hydrogens is 194 g/mol. The number of hydrogen-bond donors (Lipinski definition) is 1. The van der Waals surface area contributed by atoms with Crippen LogP contribution in [0, 0.1) is 0 Å². The number of hydrogen-bond acceptors (Lipinski definition) is 4. The van der Waals surface area contributed by atoms with Crippen molar-refractivity contribution in [2.45, 2.75) is 6.04 Å². The zero-order valence-electron chi connectivity index (χ0n) is 8.10. The summed E-state index contributed by atoms with van der Waals surface area (Å²) in [6.45, 7) is 1.63. The second kappa shape index (κ2) is 4.66. The molecule has 1 aliphatic rings. The van der Waals surface area contributed by atoms with Crippen LogP contribution in [-0.4, -0.2) is 35.6 Å². The van der Waals surface area contributed by atoms with E-state index in [1.54, 1.807) is 6.20 Å². The maximum absolute atomic E-state index is 5.61. The first-order chi connectivity index (χ1) is 6.92. The zero-order valence-corrected chi connectivity index (χ0v) is 8.91. The summed E-state index contributed by atoms with van der Waals surface area (Å²) < 4.78 is 0. The fourth-order valence-corrected chi connectivity index (χ4v) is 2.39. The Kier molecular flexibility index (Phi) is 3.26. The smallest absolute Gasteiger partial charge is 0.0556 e. The van der Waals surface area contributed by atoms with Gasteiger partial charge in [0.15, 0.2) is 0 Å². The maximum atomic E-state index is 5.61. The minimum atomic E-state index is 0.660. The van der Waals surface area contributed by atoms with E-state index in [0.717, 1.165) is 6.54 Å². The van der Waals surface area contributed by atoms with Crippen molar-refractivity contribution in [1.82, 2.24) is 4.98 Å². The predicted molar refractivity (Wildman–Crippen MR) is 61.8 cm³/mol. The highest BCUT2D eigenvalue weighted by atomic mass is 32.2. The molecule has 0 spiro atoms.